The van der Waals surface area contributed by atoms with Crippen molar-refractivity contribution in [1.82, 2.24) is 4.90 Å². The predicted octanol–water partition coefficient (Wildman–Crippen LogP) is 9.57. The molecule has 1 fully saturated rings. The maximum absolute atomic E-state index is 5.98. The summed E-state index contributed by atoms with van der Waals surface area (Å²) < 4.78 is 5.98. The van der Waals surface area contributed by atoms with Crippen molar-refractivity contribution < 1.29 is 9.57 Å². The third-order valence-corrected chi connectivity index (χ3v) is 10.4. The van der Waals surface area contributed by atoms with Crippen LogP contribution in [0, 0.1) is 0 Å². The van der Waals surface area contributed by atoms with Crippen molar-refractivity contribution >= 4 is 28.2 Å². The highest BCUT2D eigenvalue weighted by Crippen LogP contribution is 2.46. The van der Waals surface area contributed by atoms with Crippen LogP contribution in [0.5, 0.6) is 5.75 Å². The first kappa shape index (κ1) is 31.7. The predicted molar refractivity (Wildman–Crippen MR) is 200 cm³/mol. The van der Waals surface area contributed by atoms with Gasteiger partial charge >= 0.3 is 0 Å². The standard InChI is InChI=1S/C43H40N2O2S/c1-33(36-24-23-35-13-11-12-14-37(35)30-36)44-47-28-27-46-41-25-21-34(22-26-41)29-42-31-45(32-48-42)43(38-15-5-2-6-16-38,39-17-7-3-8-18-39)40-19-9-4-10-20-40/h2-26,30,42H,27-29,31-32H2,1H3. The maximum atomic E-state index is 5.98. The fraction of sp³-hybridized carbons (Fsp3) is 0.186. The molecule has 0 aliphatic carbocycles. The minimum absolute atomic E-state index is 0.372. The molecular formula is C43H40N2O2S. The first-order valence-corrected chi connectivity index (χ1v) is 17.7. The van der Waals surface area contributed by atoms with Gasteiger partial charge in [0.1, 0.15) is 12.4 Å². The van der Waals surface area contributed by atoms with Gasteiger partial charge in [0.15, 0.2) is 6.61 Å². The lowest BCUT2D eigenvalue weighted by atomic mass is 9.75. The maximum Gasteiger partial charge on any atom is 0.151 e. The molecule has 0 radical (unpaired) electrons. The molecule has 6 aromatic carbocycles. The van der Waals surface area contributed by atoms with Crippen molar-refractivity contribution in [2.24, 2.45) is 5.16 Å². The van der Waals surface area contributed by atoms with Gasteiger partial charge in [0.25, 0.3) is 0 Å². The number of rotatable bonds is 12. The molecule has 5 heteroatoms. The van der Waals surface area contributed by atoms with Crippen LogP contribution in [0.15, 0.2) is 163 Å². The Morgan fingerprint density at radius 1 is 0.688 bits per heavy atom. The van der Waals surface area contributed by atoms with E-state index in [1.165, 1.54) is 33.0 Å². The zero-order valence-electron chi connectivity index (χ0n) is 27.2. The molecule has 6 aromatic rings. The van der Waals surface area contributed by atoms with E-state index in [1.807, 2.05) is 18.7 Å². The van der Waals surface area contributed by atoms with E-state index in [2.05, 4.69) is 168 Å². The van der Waals surface area contributed by atoms with Crippen LogP contribution in [0.2, 0.25) is 0 Å². The lowest BCUT2D eigenvalue weighted by Gasteiger charge is -2.43. The molecule has 1 atom stereocenters. The summed E-state index contributed by atoms with van der Waals surface area (Å²) in [6.45, 7) is 3.77. The van der Waals surface area contributed by atoms with Crippen LogP contribution in [0.3, 0.4) is 0 Å². The van der Waals surface area contributed by atoms with Crippen LogP contribution in [0.1, 0.15) is 34.7 Å². The van der Waals surface area contributed by atoms with Crippen LogP contribution in [-0.4, -0.2) is 41.5 Å². The van der Waals surface area contributed by atoms with Crippen molar-refractivity contribution in [2.45, 2.75) is 24.1 Å². The Balaban J connectivity index is 0.974. The van der Waals surface area contributed by atoms with Crippen molar-refractivity contribution in [3.63, 3.8) is 0 Å². The molecule has 1 unspecified atom stereocenters. The molecule has 1 heterocycles. The fourth-order valence-electron chi connectivity index (χ4n) is 6.78. The van der Waals surface area contributed by atoms with E-state index in [-0.39, 0.29) is 5.54 Å². The largest absolute Gasteiger partial charge is 0.490 e. The molecule has 1 saturated heterocycles. The summed E-state index contributed by atoms with van der Waals surface area (Å²) in [4.78, 5) is 8.26. The second kappa shape index (κ2) is 14.9. The van der Waals surface area contributed by atoms with E-state index in [4.69, 9.17) is 9.57 Å². The second-order valence-corrected chi connectivity index (χ2v) is 13.5. The number of nitrogens with zero attached hydrogens (tertiary/aromatic N) is 2. The highest BCUT2D eigenvalue weighted by atomic mass is 32.2. The summed E-state index contributed by atoms with van der Waals surface area (Å²) >= 11 is 2.05. The van der Waals surface area contributed by atoms with Crippen LogP contribution >= 0.6 is 11.8 Å². The van der Waals surface area contributed by atoms with Gasteiger partial charge < -0.3 is 9.57 Å². The Morgan fingerprint density at radius 2 is 1.27 bits per heavy atom. The normalized spacial score (nSPS) is 15.4. The Kier molecular flexibility index (Phi) is 9.88. The van der Waals surface area contributed by atoms with E-state index in [1.54, 1.807) is 0 Å². The zero-order valence-corrected chi connectivity index (χ0v) is 28.1. The summed E-state index contributed by atoms with van der Waals surface area (Å²) in [5.41, 5.74) is 6.74. The van der Waals surface area contributed by atoms with E-state index in [0.29, 0.717) is 18.5 Å². The van der Waals surface area contributed by atoms with Gasteiger partial charge in [0.05, 0.1) is 11.3 Å². The van der Waals surface area contributed by atoms with Crippen LogP contribution in [-0.2, 0) is 16.8 Å². The number of hydrogen-bond donors (Lipinski definition) is 0. The Bertz CT molecular complexity index is 1850. The number of oxime groups is 1. The van der Waals surface area contributed by atoms with E-state index in [0.717, 1.165) is 35.9 Å². The molecule has 7 rings (SSSR count). The molecule has 0 N–H and O–H groups in total. The van der Waals surface area contributed by atoms with E-state index in [9.17, 15) is 0 Å². The monoisotopic (exact) mass is 648 g/mol. The summed E-state index contributed by atoms with van der Waals surface area (Å²) in [6.07, 6.45) is 1.00. The number of hydrogen-bond acceptors (Lipinski definition) is 5. The molecule has 0 bridgehead atoms. The van der Waals surface area contributed by atoms with Gasteiger partial charge in [-0.2, -0.15) is 0 Å². The lowest BCUT2D eigenvalue weighted by molar-refractivity contribution is 0.107. The first-order valence-electron chi connectivity index (χ1n) is 16.6. The average molecular weight is 649 g/mol. The smallest absolute Gasteiger partial charge is 0.151 e. The number of ether oxygens (including phenoxy) is 1. The Hall–Kier alpha value is -4.84. The van der Waals surface area contributed by atoms with Crippen molar-refractivity contribution in [3.8, 4) is 5.75 Å². The highest BCUT2D eigenvalue weighted by Gasteiger charge is 2.45. The molecule has 0 aromatic heterocycles. The second-order valence-electron chi connectivity index (χ2n) is 12.2. The quantitative estimate of drug-likeness (QED) is 0.0573. The third-order valence-electron chi connectivity index (χ3n) is 9.14. The Labute approximate surface area is 288 Å². The number of fused-ring (bicyclic) bond motifs is 1. The molecule has 48 heavy (non-hydrogen) atoms. The third kappa shape index (κ3) is 6.89. The number of thioether (sulfide) groups is 1. The SMILES string of the molecule is CC(=NOCCOc1ccc(CC2CN(C(c3ccccc3)(c3ccccc3)c3ccccc3)CS2)cc1)c1ccc2ccccc2c1. The van der Waals surface area contributed by atoms with Gasteiger partial charge in [-0.15, -0.1) is 11.8 Å². The van der Waals surface area contributed by atoms with Crippen LogP contribution in [0.4, 0.5) is 0 Å². The lowest BCUT2D eigenvalue weighted by Crippen LogP contribution is -2.47. The summed E-state index contributed by atoms with van der Waals surface area (Å²) in [5, 5.41) is 7.20. The average Bonchev–Trinajstić information content (AvgIpc) is 3.62. The van der Waals surface area contributed by atoms with E-state index < -0.39 is 0 Å². The molecule has 1 aliphatic rings. The summed E-state index contributed by atoms with van der Waals surface area (Å²) in [7, 11) is 0. The molecule has 1 aliphatic heterocycles. The van der Waals surface area contributed by atoms with Crippen molar-refractivity contribution in [3.05, 3.63) is 186 Å². The van der Waals surface area contributed by atoms with Crippen molar-refractivity contribution in [2.75, 3.05) is 25.6 Å². The van der Waals surface area contributed by atoms with Gasteiger partial charge in [-0.3, -0.25) is 4.90 Å². The molecule has 0 spiro atoms. The van der Waals surface area contributed by atoms with Crippen LogP contribution < -0.4 is 4.74 Å². The minimum Gasteiger partial charge on any atom is -0.490 e. The summed E-state index contributed by atoms with van der Waals surface area (Å²) in [6, 6.07) is 56.1. The van der Waals surface area contributed by atoms with Crippen molar-refractivity contribution in [1.29, 1.82) is 0 Å². The van der Waals surface area contributed by atoms with Gasteiger partial charge in [-0.1, -0.05) is 145 Å². The summed E-state index contributed by atoms with van der Waals surface area (Å²) in [5.74, 6) is 1.79. The number of benzene rings is 6. The van der Waals surface area contributed by atoms with Gasteiger partial charge in [0.2, 0.25) is 0 Å². The molecular weight excluding hydrogens is 609 g/mol. The molecule has 0 saturated carbocycles. The first-order chi connectivity index (χ1) is 23.7. The molecule has 0 amide bonds. The highest BCUT2D eigenvalue weighted by molar-refractivity contribution is 8.00. The van der Waals surface area contributed by atoms with Crippen LogP contribution in [0.25, 0.3) is 10.8 Å². The van der Waals surface area contributed by atoms with Gasteiger partial charge in [0, 0.05) is 17.7 Å². The molecule has 4 nitrogen and oxygen atoms in total. The Morgan fingerprint density at radius 3 is 1.90 bits per heavy atom. The zero-order chi connectivity index (χ0) is 32.6. The minimum atomic E-state index is -0.372. The van der Waals surface area contributed by atoms with Gasteiger partial charge in [-0.05, 0) is 70.1 Å². The fourth-order valence-corrected chi connectivity index (χ4v) is 8.07. The van der Waals surface area contributed by atoms with Gasteiger partial charge in [-0.25, -0.2) is 0 Å². The molecule has 240 valence electrons. The van der Waals surface area contributed by atoms with E-state index >= 15 is 0 Å². The topological polar surface area (TPSA) is 34.1 Å².